The maximum atomic E-state index is 13.9. The Morgan fingerprint density at radius 3 is 2.48 bits per heavy atom. The highest BCUT2D eigenvalue weighted by Crippen LogP contribution is 2.37. The third-order valence-electron chi connectivity index (χ3n) is 7.48. The van der Waals surface area contributed by atoms with Gasteiger partial charge in [0.1, 0.15) is 34.9 Å². The molecule has 0 radical (unpaired) electrons. The molecule has 0 atom stereocenters. The molecule has 1 aromatic heterocycles. The largest absolute Gasteiger partial charge is 0.496 e. The van der Waals surface area contributed by atoms with Gasteiger partial charge in [0.15, 0.2) is 0 Å². The van der Waals surface area contributed by atoms with Crippen LogP contribution in [0.5, 0.6) is 17.2 Å². The molecule has 4 aromatic rings. The number of carboxylic acids is 1. The Bertz CT molecular complexity index is 1780. The zero-order valence-electron chi connectivity index (χ0n) is 24.3. The third kappa shape index (κ3) is 5.77. The average molecular weight is 591 g/mol. The number of fused-ring (bicyclic) bond motifs is 2. The number of rotatable bonds is 9. The highest BCUT2D eigenvalue weighted by molar-refractivity contribution is 7.89. The maximum absolute atomic E-state index is 13.9. The van der Waals surface area contributed by atoms with Crippen molar-refractivity contribution in [2.75, 3.05) is 20.8 Å². The predicted octanol–water partition coefficient (Wildman–Crippen LogP) is 5.61. The Labute approximate surface area is 245 Å². The van der Waals surface area contributed by atoms with E-state index in [9.17, 15) is 18.3 Å². The van der Waals surface area contributed by atoms with Gasteiger partial charge in [0, 0.05) is 23.2 Å². The fourth-order valence-electron chi connectivity index (χ4n) is 5.29. The molecule has 1 aliphatic heterocycles. The van der Waals surface area contributed by atoms with Crippen LogP contribution in [0.25, 0.3) is 22.0 Å². The second-order valence-corrected chi connectivity index (χ2v) is 12.9. The van der Waals surface area contributed by atoms with Crippen LogP contribution in [0.15, 0.2) is 65.6 Å². The minimum absolute atomic E-state index is 0.0171. The number of benzene rings is 3. The lowest BCUT2D eigenvalue weighted by molar-refractivity contribution is -0.137. The van der Waals surface area contributed by atoms with Crippen molar-refractivity contribution in [2.45, 2.75) is 50.7 Å². The Morgan fingerprint density at radius 2 is 1.76 bits per heavy atom. The predicted molar refractivity (Wildman–Crippen MR) is 160 cm³/mol. The van der Waals surface area contributed by atoms with Crippen LogP contribution in [0.2, 0.25) is 0 Å². The molecule has 42 heavy (non-hydrogen) atoms. The third-order valence-corrected chi connectivity index (χ3v) is 9.27. The second-order valence-electron chi connectivity index (χ2n) is 11.0. The van der Waals surface area contributed by atoms with Crippen LogP contribution in [-0.2, 0) is 27.8 Å². The first kappa shape index (κ1) is 29.3. The van der Waals surface area contributed by atoms with Gasteiger partial charge in [0.2, 0.25) is 10.0 Å². The number of hydrogen-bond acceptors (Lipinski definition) is 7. The summed E-state index contributed by atoms with van der Waals surface area (Å²) in [5, 5.41) is 10.6. The summed E-state index contributed by atoms with van der Waals surface area (Å²) in [6.07, 6.45) is 1.39. The molecule has 0 spiro atoms. The molecule has 0 fully saturated rings. The van der Waals surface area contributed by atoms with E-state index in [2.05, 4.69) is 4.98 Å². The van der Waals surface area contributed by atoms with Gasteiger partial charge in [0.05, 0.1) is 19.1 Å². The number of pyridine rings is 1. The van der Waals surface area contributed by atoms with Crippen LogP contribution in [0.1, 0.15) is 37.1 Å². The van der Waals surface area contributed by atoms with E-state index in [0.717, 1.165) is 38.5 Å². The molecule has 10 heteroatoms. The van der Waals surface area contributed by atoms with Crippen LogP contribution < -0.4 is 14.2 Å². The summed E-state index contributed by atoms with van der Waals surface area (Å²) in [5.74, 6) is 0.459. The smallest absolute Gasteiger partial charge is 0.318 e. The molecule has 0 bridgehead atoms. The quantitative estimate of drug-likeness (QED) is 0.268. The zero-order chi connectivity index (χ0) is 30.2. The minimum atomic E-state index is -4.19. The van der Waals surface area contributed by atoms with E-state index in [0.29, 0.717) is 34.7 Å². The molecule has 2 heterocycles. The molecule has 3 aromatic carbocycles. The Kier molecular flexibility index (Phi) is 7.87. The van der Waals surface area contributed by atoms with Crippen molar-refractivity contribution >= 4 is 26.9 Å². The van der Waals surface area contributed by atoms with Crippen molar-refractivity contribution < 1.29 is 32.5 Å². The van der Waals surface area contributed by atoms with E-state index in [4.69, 9.17) is 14.2 Å². The van der Waals surface area contributed by atoms with Crippen molar-refractivity contribution in [1.82, 2.24) is 9.29 Å². The van der Waals surface area contributed by atoms with Gasteiger partial charge in [-0.15, -0.1) is 0 Å². The van der Waals surface area contributed by atoms with Crippen molar-refractivity contribution in [3.63, 3.8) is 0 Å². The molecule has 0 unspecified atom stereocenters. The molecule has 0 saturated heterocycles. The molecular weight excluding hydrogens is 556 g/mol. The summed E-state index contributed by atoms with van der Waals surface area (Å²) in [6.45, 7) is 4.96. The van der Waals surface area contributed by atoms with Crippen LogP contribution in [0, 0.1) is 6.92 Å². The van der Waals surface area contributed by atoms with Gasteiger partial charge in [-0.05, 0) is 98.8 Å². The first-order valence-corrected chi connectivity index (χ1v) is 15.0. The number of nitrogens with zero attached hydrogens (tertiary/aromatic N) is 2. The lowest BCUT2D eigenvalue weighted by Gasteiger charge is -2.33. The summed E-state index contributed by atoms with van der Waals surface area (Å²) < 4.78 is 45.8. The minimum Gasteiger partial charge on any atom is -0.496 e. The van der Waals surface area contributed by atoms with Crippen LogP contribution in [-0.4, -0.2) is 55.1 Å². The molecule has 0 saturated carbocycles. The summed E-state index contributed by atoms with van der Waals surface area (Å²) in [4.78, 5) is 16.6. The average Bonchev–Trinajstić information content (AvgIpc) is 2.95. The van der Waals surface area contributed by atoms with Gasteiger partial charge in [-0.25, -0.2) is 13.4 Å². The van der Waals surface area contributed by atoms with Crippen molar-refractivity contribution in [3.8, 4) is 28.4 Å². The van der Waals surface area contributed by atoms with E-state index in [1.807, 2.05) is 57.2 Å². The number of sulfonamides is 1. The number of carboxylic acid groups (broad SMARTS) is 1. The molecule has 0 aliphatic carbocycles. The first-order chi connectivity index (χ1) is 19.9. The van der Waals surface area contributed by atoms with Gasteiger partial charge in [-0.3, -0.25) is 4.79 Å². The standard InChI is InChI=1S/C32H34N2O7S/c1-20-6-9-26-25(10-13-29(40-5)31(26)33-20)21-7-11-27(39-4)23(16-21)18-34(19-30(35)36)42(37,38)24-8-12-28-22(17-24)14-15-32(2,3)41-28/h6-13,16-17H,14-15,18-19H2,1-5H3,(H,35,36). The maximum Gasteiger partial charge on any atom is 0.318 e. The van der Waals surface area contributed by atoms with Crippen LogP contribution in [0.3, 0.4) is 0 Å². The lowest BCUT2D eigenvalue weighted by Crippen LogP contribution is -2.36. The molecule has 9 nitrogen and oxygen atoms in total. The molecule has 5 rings (SSSR count). The van der Waals surface area contributed by atoms with Gasteiger partial charge in [-0.2, -0.15) is 4.31 Å². The van der Waals surface area contributed by atoms with Crippen LogP contribution in [0.4, 0.5) is 0 Å². The summed E-state index contributed by atoms with van der Waals surface area (Å²) in [5.41, 5.74) is 4.18. The zero-order valence-corrected chi connectivity index (χ0v) is 25.1. The van der Waals surface area contributed by atoms with Gasteiger partial charge < -0.3 is 19.3 Å². The monoisotopic (exact) mass is 590 g/mol. The summed E-state index contributed by atoms with van der Waals surface area (Å²) >= 11 is 0. The Morgan fingerprint density at radius 1 is 1.02 bits per heavy atom. The SMILES string of the molecule is COc1ccc(-c2ccc(OC)c3nc(C)ccc23)cc1CN(CC(=O)O)S(=O)(=O)c1ccc2c(c1)CCC(C)(C)O2. The second kappa shape index (κ2) is 11.3. The van der Waals surface area contributed by atoms with Gasteiger partial charge >= 0.3 is 5.97 Å². The molecule has 220 valence electrons. The number of carbonyl (C=O) groups is 1. The highest BCUT2D eigenvalue weighted by Gasteiger charge is 2.31. The normalized spacial score (nSPS) is 14.3. The van der Waals surface area contributed by atoms with E-state index in [1.165, 1.54) is 13.2 Å². The highest BCUT2D eigenvalue weighted by atomic mass is 32.2. The van der Waals surface area contributed by atoms with E-state index in [-0.39, 0.29) is 17.0 Å². The summed E-state index contributed by atoms with van der Waals surface area (Å²) in [7, 11) is -1.10. The van der Waals surface area contributed by atoms with Crippen LogP contribution >= 0.6 is 0 Å². The Hall–Kier alpha value is -4.15. The number of aromatic nitrogens is 1. The fourth-order valence-corrected chi connectivity index (χ4v) is 6.71. The number of aryl methyl sites for hydroxylation is 2. The number of aliphatic carboxylic acids is 1. The van der Waals surface area contributed by atoms with E-state index >= 15 is 0 Å². The number of methoxy groups -OCH3 is 2. The molecule has 1 aliphatic rings. The molecule has 1 N–H and O–H groups in total. The van der Waals surface area contributed by atoms with Gasteiger partial charge in [-0.1, -0.05) is 12.1 Å². The van der Waals surface area contributed by atoms with Crippen molar-refractivity contribution in [1.29, 1.82) is 0 Å². The van der Waals surface area contributed by atoms with Gasteiger partial charge in [0.25, 0.3) is 0 Å². The summed E-state index contributed by atoms with van der Waals surface area (Å²) in [6, 6.07) is 17.8. The number of hydrogen-bond donors (Lipinski definition) is 1. The Balaban J connectivity index is 1.55. The molecular formula is C32H34N2O7S. The van der Waals surface area contributed by atoms with Crippen molar-refractivity contribution in [2.24, 2.45) is 0 Å². The van der Waals surface area contributed by atoms with E-state index in [1.54, 1.807) is 25.3 Å². The van der Waals surface area contributed by atoms with E-state index < -0.39 is 22.5 Å². The lowest BCUT2D eigenvalue weighted by atomic mass is 9.94. The molecule has 0 amide bonds. The first-order valence-electron chi connectivity index (χ1n) is 13.6. The topological polar surface area (TPSA) is 115 Å². The van der Waals surface area contributed by atoms with Crippen molar-refractivity contribution in [3.05, 3.63) is 77.5 Å². The number of ether oxygens (including phenoxy) is 3. The fraction of sp³-hybridized carbons (Fsp3) is 0.312.